The summed E-state index contributed by atoms with van der Waals surface area (Å²) < 4.78 is 5.00. The maximum absolute atomic E-state index is 12.5. The lowest BCUT2D eigenvalue weighted by Crippen LogP contribution is -2.44. The standard InChI is InChI=1S/C14H19N3O2/c1-19-9-12-15-8-5-11(16-12)17-13(18)14(6-2-7-14)10-3-4-10/h5,8,10H,2-4,6-7,9H2,1H3,(H,15,16,17,18). The Labute approximate surface area is 112 Å². The molecule has 0 aromatic carbocycles. The Morgan fingerprint density at radius 2 is 2.32 bits per heavy atom. The van der Waals surface area contributed by atoms with E-state index in [9.17, 15) is 4.79 Å². The highest BCUT2D eigenvalue weighted by molar-refractivity contribution is 5.95. The summed E-state index contributed by atoms with van der Waals surface area (Å²) in [5.74, 6) is 1.92. The first-order valence-electron chi connectivity index (χ1n) is 6.87. The smallest absolute Gasteiger partial charge is 0.232 e. The van der Waals surface area contributed by atoms with Gasteiger partial charge in [0.1, 0.15) is 12.4 Å². The minimum Gasteiger partial charge on any atom is -0.377 e. The Bertz CT molecular complexity index is 481. The summed E-state index contributed by atoms with van der Waals surface area (Å²) in [6.45, 7) is 0.359. The summed E-state index contributed by atoms with van der Waals surface area (Å²) in [5.41, 5.74) is -0.105. The maximum Gasteiger partial charge on any atom is 0.232 e. The first kappa shape index (κ1) is 12.5. The van der Waals surface area contributed by atoms with E-state index in [2.05, 4.69) is 15.3 Å². The zero-order valence-corrected chi connectivity index (χ0v) is 11.2. The number of hydrogen-bond donors (Lipinski definition) is 1. The number of carbonyl (C=O) groups is 1. The largest absolute Gasteiger partial charge is 0.377 e. The van der Waals surface area contributed by atoms with Crippen molar-refractivity contribution in [2.45, 2.75) is 38.7 Å². The molecular formula is C14H19N3O2. The van der Waals surface area contributed by atoms with Gasteiger partial charge in [-0.05, 0) is 37.7 Å². The Kier molecular flexibility index (Phi) is 3.22. The van der Waals surface area contributed by atoms with Crippen molar-refractivity contribution in [3.8, 4) is 0 Å². The number of amides is 1. The number of methoxy groups -OCH3 is 1. The maximum atomic E-state index is 12.5. The fraction of sp³-hybridized carbons (Fsp3) is 0.643. The highest BCUT2D eigenvalue weighted by atomic mass is 16.5. The van der Waals surface area contributed by atoms with Gasteiger partial charge in [-0.1, -0.05) is 6.42 Å². The first-order chi connectivity index (χ1) is 9.24. The van der Waals surface area contributed by atoms with Crippen LogP contribution in [0.15, 0.2) is 12.3 Å². The molecule has 1 heterocycles. The second-order valence-electron chi connectivity index (χ2n) is 5.53. The number of hydrogen-bond acceptors (Lipinski definition) is 4. The van der Waals surface area contributed by atoms with Gasteiger partial charge in [0.05, 0.1) is 5.41 Å². The van der Waals surface area contributed by atoms with Crippen molar-refractivity contribution in [3.05, 3.63) is 18.1 Å². The topological polar surface area (TPSA) is 64.1 Å². The molecule has 0 saturated heterocycles. The number of rotatable bonds is 5. The molecule has 2 saturated carbocycles. The van der Waals surface area contributed by atoms with Gasteiger partial charge in [0.15, 0.2) is 5.82 Å². The molecule has 1 amide bonds. The highest BCUT2D eigenvalue weighted by Gasteiger charge is 2.54. The molecule has 0 unspecified atom stereocenters. The second kappa shape index (κ2) is 4.89. The van der Waals surface area contributed by atoms with E-state index in [1.54, 1.807) is 19.4 Å². The van der Waals surface area contributed by atoms with Crippen LogP contribution in [0.1, 0.15) is 37.9 Å². The molecule has 0 atom stereocenters. The number of aromatic nitrogens is 2. The number of anilines is 1. The van der Waals surface area contributed by atoms with Crippen molar-refractivity contribution in [1.29, 1.82) is 0 Å². The quantitative estimate of drug-likeness (QED) is 0.882. The average molecular weight is 261 g/mol. The van der Waals surface area contributed by atoms with Gasteiger partial charge in [0.2, 0.25) is 5.91 Å². The predicted octanol–water partition coefficient (Wildman–Crippen LogP) is 2.14. The fourth-order valence-electron chi connectivity index (χ4n) is 2.92. The fourth-order valence-corrected chi connectivity index (χ4v) is 2.92. The molecule has 0 aliphatic heterocycles. The van der Waals surface area contributed by atoms with Crippen LogP contribution in [0.5, 0.6) is 0 Å². The van der Waals surface area contributed by atoms with E-state index in [0.717, 1.165) is 12.8 Å². The minimum atomic E-state index is -0.105. The van der Waals surface area contributed by atoms with E-state index in [1.807, 2.05) is 0 Å². The molecule has 5 nitrogen and oxygen atoms in total. The molecule has 3 rings (SSSR count). The van der Waals surface area contributed by atoms with Crippen molar-refractivity contribution in [3.63, 3.8) is 0 Å². The van der Waals surface area contributed by atoms with Crippen molar-refractivity contribution < 1.29 is 9.53 Å². The van der Waals surface area contributed by atoms with Crippen molar-refractivity contribution >= 4 is 11.7 Å². The summed E-state index contributed by atoms with van der Waals surface area (Å²) in [5, 5.41) is 2.96. The van der Waals surface area contributed by atoms with E-state index < -0.39 is 0 Å². The van der Waals surface area contributed by atoms with Gasteiger partial charge in [-0.3, -0.25) is 4.79 Å². The van der Waals surface area contributed by atoms with Crippen LogP contribution in [0.3, 0.4) is 0 Å². The lowest BCUT2D eigenvalue weighted by molar-refractivity contribution is -0.132. The molecule has 1 aromatic heterocycles. The van der Waals surface area contributed by atoms with Gasteiger partial charge in [0, 0.05) is 13.3 Å². The molecule has 2 fully saturated rings. The summed E-state index contributed by atoms with van der Waals surface area (Å²) in [6.07, 6.45) is 7.28. The van der Waals surface area contributed by atoms with Crippen molar-refractivity contribution in [2.24, 2.45) is 11.3 Å². The molecule has 5 heteroatoms. The van der Waals surface area contributed by atoms with Gasteiger partial charge in [-0.25, -0.2) is 9.97 Å². The normalized spacial score (nSPS) is 20.7. The van der Waals surface area contributed by atoms with Crippen LogP contribution in [-0.2, 0) is 16.1 Å². The average Bonchev–Trinajstić information content (AvgIpc) is 3.13. The molecular weight excluding hydrogens is 242 g/mol. The third-order valence-corrected chi connectivity index (χ3v) is 4.28. The van der Waals surface area contributed by atoms with E-state index in [4.69, 9.17) is 4.74 Å². The number of nitrogens with zero attached hydrogens (tertiary/aromatic N) is 2. The van der Waals surface area contributed by atoms with Gasteiger partial charge >= 0.3 is 0 Å². The zero-order chi connectivity index (χ0) is 13.3. The van der Waals surface area contributed by atoms with Gasteiger partial charge < -0.3 is 10.1 Å². The van der Waals surface area contributed by atoms with Gasteiger partial charge in [-0.2, -0.15) is 0 Å². The Hall–Kier alpha value is -1.49. The lowest BCUT2D eigenvalue weighted by atomic mass is 9.64. The summed E-state index contributed by atoms with van der Waals surface area (Å²) >= 11 is 0. The molecule has 102 valence electrons. The van der Waals surface area contributed by atoms with Crippen LogP contribution in [-0.4, -0.2) is 23.0 Å². The van der Waals surface area contributed by atoms with Gasteiger partial charge in [0.25, 0.3) is 0 Å². The van der Waals surface area contributed by atoms with Crippen molar-refractivity contribution in [2.75, 3.05) is 12.4 Å². The van der Waals surface area contributed by atoms with E-state index in [0.29, 0.717) is 24.2 Å². The molecule has 19 heavy (non-hydrogen) atoms. The zero-order valence-electron chi connectivity index (χ0n) is 11.2. The minimum absolute atomic E-state index is 0.105. The molecule has 0 bridgehead atoms. The van der Waals surface area contributed by atoms with Crippen LogP contribution >= 0.6 is 0 Å². The first-order valence-corrected chi connectivity index (χ1v) is 6.87. The Morgan fingerprint density at radius 3 is 2.89 bits per heavy atom. The lowest BCUT2D eigenvalue weighted by Gasteiger charge is -2.40. The van der Waals surface area contributed by atoms with Crippen LogP contribution in [0.2, 0.25) is 0 Å². The van der Waals surface area contributed by atoms with Crippen LogP contribution in [0, 0.1) is 11.3 Å². The molecule has 1 N–H and O–H groups in total. The molecule has 2 aliphatic carbocycles. The predicted molar refractivity (Wildman–Crippen MR) is 70.4 cm³/mol. The number of nitrogens with one attached hydrogen (secondary N) is 1. The van der Waals surface area contributed by atoms with E-state index in [-0.39, 0.29) is 11.3 Å². The Morgan fingerprint density at radius 1 is 1.53 bits per heavy atom. The summed E-state index contributed by atoms with van der Waals surface area (Å²) in [4.78, 5) is 20.8. The summed E-state index contributed by atoms with van der Waals surface area (Å²) in [6, 6.07) is 1.73. The van der Waals surface area contributed by atoms with E-state index >= 15 is 0 Å². The van der Waals surface area contributed by atoms with Crippen LogP contribution < -0.4 is 5.32 Å². The number of carbonyl (C=O) groups excluding carboxylic acids is 1. The molecule has 2 aliphatic rings. The highest BCUT2D eigenvalue weighted by Crippen LogP contribution is 2.57. The third kappa shape index (κ3) is 2.34. The molecule has 1 aromatic rings. The van der Waals surface area contributed by atoms with E-state index in [1.165, 1.54) is 19.3 Å². The Balaban J connectivity index is 1.70. The third-order valence-electron chi connectivity index (χ3n) is 4.28. The van der Waals surface area contributed by atoms with Crippen LogP contribution in [0.25, 0.3) is 0 Å². The summed E-state index contributed by atoms with van der Waals surface area (Å²) in [7, 11) is 1.60. The monoisotopic (exact) mass is 261 g/mol. The molecule has 0 spiro atoms. The van der Waals surface area contributed by atoms with Gasteiger partial charge in [-0.15, -0.1) is 0 Å². The second-order valence-corrected chi connectivity index (χ2v) is 5.53. The number of ether oxygens (including phenoxy) is 1. The SMILES string of the molecule is COCc1nccc(NC(=O)C2(C3CC3)CCC2)n1. The van der Waals surface area contributed by atoms with Crippen LogP contribution in [0.4, 0.5) is 5.82 Å². The molecule has 0 radical (unpaired) electrons. The van der Waals surface area contributed by atoms with Crippen molar-refractivity contribution in [1.82, 2.24) is 9.97 Å².